The average Bonchev–Trinajstić information content (AvgIpc) is 3.10. The Morgan fingerprint density at radius 3 is 2.39 bits per heavy atom. The van der Waals surface area contributed by atoms with Crippen LogP contribution in [0.4, 0.5) is 13.2 Å². The van der Waals surface area contributed by atoms with Crippen LogP contribution in [0.2, 0.25) is 0 Å². The molecule has 2 saturated heterocycles. The molecule has 6 nitrogen and oxygen atoms in total. The predicted octanol–water partition coefficient (Wildman–Crippen LogP) is 3.83. The van der Waals surface area contributed by atoms with Crippen molar-refractivity contribution in [3.05, 3.63) is 21.9 Å². The Labute approximate surface area is 184 Å². The number of aliphatic carboxylic acids is 1. The molecule has 31 heavy (non-hydrogen) atoms. The maximum Gasteiger partial charge on any atom is 0.490 e. The van der Waals surface area contributed by atoms with Gasteiger partial charge in [-0.15, -0.1) is 11.3 Å². The van der Waals surface area contributed by atoms with Gasteiger partial charge in [0.05, 0.1) is 12.6 Å². The number of carboxylic acids is 1. The van der Waals surface area contributed by atoms with Crippen LogP contribution in [0.3, 0.4) is 0 Å². The van der Waals surface area contributed by atoms with Gasteiger partial charge in [0, 0.05) is 28.8 Å². The molecule has 176 valence electrons. The van der Waals surface area contributed by atoms with E-state index in [9.17, 15) is 18.0 Å². The van der Waals surface area contributed by atoms with Crippen LogP contribution < -0.4 is 5.32 Å². The summed E-state index contributed by atoms with van der Waals surface area (Å²) in [5.74, 6) is -2.57. The maximum atomic E-state index is 12.2. The van der Waals surface area contributed by atoms with Gasteiger partial charge in [-0.05, 0) is 56.8 Å². The molecule has 0 radical (unpaired) electrons. The summed E-state index contributed by atoms with van der Waals surface area (Å²) < 4.78 is 37.4. The Balaban J connectivity index is 0.000000423. The molecule has 0 aromatic carbocycles. The molecule has 2 aliphatic heterocycles. The van der Waals surface area contributed by atoms with Crippen molar-refractivity contribution >= 4 is 23.2 Å². The Bertz CT molecular complexity index is 743. The third-order valence-corrected chi connectivity index (χ3v) is 6.86. The molecule has 0 aliphatic carbocycles. The smallest absolute Gasteiger partial charge is 0.475 e. The third kappa shape index (κ3) is 7.47. The van der Waals surface area contributed by atoms with Crippen molar-refractivity contribution in [2.45, 2.75) is 58.8 Å². The number of hydrogen-bond donors (Lipinski definition) is 2. The van der Waals surface area contributed by atoms with Crippen LogP contribution in [0.15, 0.2) is 12.1 Å². The minimum atomic E-state index is -5.08. The number of piperidine rings is 1. The van der Waals surface area contributed by atoms with Gasteiger partial charge < -0.3 is 15.2 Å². The highest BCUT2D eigenvalue weighted by Gasteiger charge is 2.44. The standard InChI is InChI=1S/C19H30N2O2S.C2HF3O2/c1-14(2)18(22)20-17-13-23-11-8-19(17)6-9-21(10-7-19)12-16-5-4-15(3)24-16;3-2(4,5)1(6)7/h4-5,14,17H,6-13H2,1-3H3,(H,20,22);(H,6,7). The summed E-state index contributed by atoms with van der Waals surface area (Å²) in [6.45, 7) is 10.9. The van der Waals surface area contributed by atoms with Gasteiger partial charge in [-0.2, -0.15) is 13.2 Å². The fourth-order valence-corrected chi connectivity index (χ4v) is 4.84. The lowest BCUT2D eigenvalue weighted by Gasteiger charge is -2.49. The van der Waals surface area contributed by atoms with E-state index in [-0.39, 0.29) is 23.3 Å². The Morgan fingerprint density at radius 1 is 1.29 bits per heavy atom. The fraction of sp³-hybridized carbons (Fsp3) is 0.714. The highest BCUT2D eigenvalue weighted by atomic mass is 32.1. The minimum absolute atomic E-state index is 0.0335. The predicted molar refractivity (Wildman–Crippen MR) is 112 cm³/mol. The molecule has 2 aliphatic rings. The van der Waals surface area contributed by atoms with Crippen LogP contribution in [0.25, 0.3) is 0 Å². The second-order valence-corrected chi connectivity index (χ2v) is 9.87. The quantitative estimate of drug-likeness (QED) is 0.708. The second kappa shape index (κ2) is 10.8. The first-order chi connectivity index (χ1) is 14.4. The lowest BCUT2D eigenvalue weighted by molar-refractivity contribution is -0.192. The van der Waals surface area contributed by atoms with Gasteiger partial charge in [-0.1, -0.05) is 13.8 Å². The molecular formula is C21H31F3N2O4S. The molecule has 0 bridgehead atoms. The molecule has 1 spiro atoms. The number of aryl methyl sites for hydroxylation is 1. The molecule has 1 atom stereocenters. The molecule has 3 heterocycles. The normalized spacial score (nSPS) is 21.5. The van der Waals surface area contributed by atoms with E-state index in [0.717, 1.165) is 45.5 Å². The van der Waals surface area contributed by atoms with E-state index in [1.54, 1.807) is 0 Å². The van der Waals surface area contributed by atoms with Crippen LogP contribution in [0.1, 0.15) is 42.9 Å². The molecule has 1 aromatic rings. The van der Waals surface area contributed by atoms with E-state index in [0.29, 0.717) is 6.61 Å². The highest BCUT2D eigenvalue weighted by Crippen LogP contribution is 2.41. The average molecular weight is 465 g/mol. The van der Waals surface area contributed by atoms with Crippen LogP contribution in [-0.4, -0.2) is 60.4 Å². The molecule has 1 unspecified atom stereocenters. The second-order valence-electron chi connectivity index (χ2n) is 8.49. The highest BCUT2D eigenvalue weighted by molar-refractivity contribution is 7.11. The Morgan fingerprint density at radius 2 is 1.90 bits per heavy atom. The number of alkyl halides is 3. The van der Waals surface area contributed by atoms with Gasteiger partial charge in [0.15, 0.2) is 0 Å². The number of carbonyl (C=O) groups is 2. The topological polar surface area (TPSA) is 78.9 Å². The van der Waals surface area contributed by atoms with E-state index < -0.39 is 12.1 Å². The van der Waals surface area contributed by atoms with Gasteiger partial charge in [0.2, 0.25) is 5.91 Å². The van der Waals surface area contributed by atoms with E-state index in [1.165, 1.54) is 9.75 Å². The molecule has 10 heteroatoms. The van der Waals surface area contributed by atoms with Crippen molar-refractivity contribution in [2.75, 3.05) is 26.3 Å². The van der Waals surface area contributed by atoms with Crippen molar-refractivity contribution in [3.8, 4) is 0 Å². The summed E-state index contributed by atoms with van der Waals surface area (Å²) >= 11 is 1.90. The van der Waals surface area contributed by atoms with Crippen LogP contribution in [0.5, 0.6) is 0 Å². The Hall–Kier alpha value is -1.65. The van der Waals surface area contributed by atoms with Crippen molar-refractivity contribution in [1.29, 1.82) is 0 Å². The number of rotatable bonds is 4. The van der Waals surface area contributed by atoms with E-state index in [4.69, 9.17) is 14.6 Å². The molecule has 0 saturated carbocycles. The summed E-state index contributed by atoms with van der Waals surface area (Å²) in [5, 5.41) is 10.4. The van der Waals surface area contributed by atoms with E-state index >= 15 is 0 Å². The third-order valence-electron chi connectivity index (χ3n) is 5.88. The van der Waals surface area contributed by atoms with Gasteiger partial charge in [0.1, 0.15) is 0 Å². The molecule has 3 rings (SSSR count). The molecule has 2 N–H and O–H groups in total. The summed E-state index contributed by atoms with van der Waals surface area (Å²) in [5.41, 5.74) is 0.227. The molecular weight excluding hydrogens is 433 g/mol. The van der Waals surface area contributed by atoms with Gasteiger partial charge >= 0.3 is 12.1 Å². The van der Waals surface area contributed by atoms with Crippen LogP contribution in [-0.2, 0) is 20.9 Å². The van der Waals surface area contributed by atoms with Crippen molar-refractivity contribution in [3.63, 3.8) is 0 Å². The number of ether oxygens (including phenoxy) is 1. The van der Waals surface area contributed by atoms with E-state index in [2.05, 4.69) is 29.3 Å². The zero-order valence-electron chi connectivity index (χ0n) is 18.1. The molecule has 1 amide bonds. The van der Waals surface area contributed by atoms with Crippen LogP contribution >= 0.6 is 11.3 Å². The number of nitrogens with one attached hydrogen (secondary N) is 1. The lowest BCUT2D eigenvalue weighted by Crippen LogP contribution is -2.58. The van der Waals surface area contributed by atoms with Crippen molar-refractivity contribution < 1.29 is 32.6 Å². The lowest BCUT2D eigenvalue weighted by atomic mass is 9.69. The van der Waals surface area contributed by atoms with Gasteiger partial charge in [-0.3, -0.25) is 9.69 Å². The number of hydrogen-bond acceptors (Lipinski definition) is 5. The number of nitrogens with zero attached hydrogens (tertiary/aromatic N) is 1. The summed E-state index contributed by atoms with van der Waals surface area (Å²) in [4.78, 5) is 26.5. The Kier molecular flexibility index (Phi) is 8.91. The summed E-state index contributed by atoms with van der Waals surface area (Å²) in [7, 11) is 0. The zero-order valence-corrected chi connectivity index (χ0v) is 18.9. The van der Waals surface area contributed by atoms with E-state index in [1.807, 2.05) is 25.2 Å². The fourth-order valence-electron chi connectivity index (χ4n) is 3.91. The number of halogens is 3. The molecule has 1 aromatic heterocycles. The number of carboxylic acid groups (broad SMARTS) is 1. The molecule has 2 fully saturated rings. The maximum absolute atomic E-state index is 12.2. The first-order valence-corrected chi connectivity index (χ1v) is 11.2. The zero-order chi connectivity index (χ0) is 23.2. The van der Waals surface area contributed by atoms with Crippen molar-refractivity contribution in [1.82, 2.24) is 10.2 Å². The van der Waals surface area contributed by atoms with Crippen LogP contribution in [0, 0.1) is 18.3 Å². The first-order valence-electron chi connectivity index (χ1n) is 10.4. The first kappa shape index (κ1) is 25.6. The number of likely N-dealkylation sites (tertiary alicyclic amines) is 1. The largest absolute Gasteiger partial charge is 0.490 e. The summed E-state index contributed by atoms with van der Waals surface area (Å²) in [6, 6.07) is 4.64. The number of amides is 1. The summed E-state index contributed by atoms with van der Waals surface area (Å²) in [6.07, 6.45) is -1.70. The SMILES string of the molecule is Cc1ccc(CN2CCC3(CCOCC3NC(=O)C(C)C)CC2)s1.O=C(O)C(F)(F)F. The monoisotopic (exact) mass is 464 g/mol. The minimum Gasteiger partial charge on any atom is -0.475 e. The number of thiophene rings is 1. The van der Waals surface area contributed by atoms with Gasteiger partial charge in [-0.25, -0.2) is 4.79 Å². The number of carbonyl (C=O) groups excluding carboxylic acids is 1. The van der Waals surface area contributed by atoms with Gasteiger partial charge in [0.25, 0.3) is 0 Å². The van der Waals surface area contributed by atoms with Crippen molar-refractivity contribution in [2.24, 2.45) is 11.3 Å².